The van der Waals surface area contributed by atoms with Crippen LogP contribution in [0.25, 0.3) is 0 Å². The third kappa shape index (κ3) is 3.98. The second-order valence-electron chi connectivity index (χ2n) is 6.63. The van der Waals surface area contributed by atoms with Gasteiger partial charge in [-0.2, -0.15) is 0 Å². The van der Waals surface area contributed by atoms with Crippen molar-refractivity contribution in [2.75, 3.05) is 13.1 Å². The van der Waals surface area contributed by atoms with E-state index in [1.54, 1.807) is 23.3 Å². The average Bonchev–Trinajstić information content (AvgIpc) is 3.24. The van der Waals surface area contributed by atoms with Crippen LogP contribution in [0.5, 0.6) is 11.6 Å². The second-order valence-corrected chi connectivity index (χ2v) is 7.34. The summed E-state index contributed by atoms with van der Waals surface area (Å²) in [5, 5.41) is 1.79. The molecule has 0 N–H and O–H groups in total. The van der Waals surface area contributed by atoms with Crippen LogP contribution in [-0.2, 0) is 0 Å². The van der Waals surface area contributed by atoms with Gasteiger partial charge in [0.1, 0.15) is 17.1 Å². The van der Waals surface area contributed by atoms with E-state index in [4.69, 9.17) is 4.74 Å². The first-order chi connectivity index (χ1) is 13.2. The van der Waals surface area contributed by atoms with Gasteiger partial charge in [-0.25, -0.2) is 9.97 Å². The Morgan fingerprint density at radius 3 is 2.78 bits per heavy atom. The minimum atomic E-state index is -0.0224. The average molecular weight is 380 g/mol. The van der Waals surface area contributed by atoms with E-state index in [2.05, 4.69) is 15.0 Å². The van der Waals surface area contributed by atoms with Gasteiger partial charge in [0.15, 0.2) is 0 Å². The topological polar surface area (TPSA) is 68.2 Å². The van der Waals surface area contributed by atoms with Crippen LogP contribution in [0.4, 0.5) is 0 Å². The van der Waals surface area contributed by atoms with Crippen molar-refractivity contribution in [1.29, 1.82) is 0 Å². The Hall–Kier alpha value is -2.80. The lowest BCUT2D eigenvalue weighted by atomic mass is 9.94. The first kappa shape index (κ1) is 17.6. The maximum Gasteiger partial charge on any atom is 0.273 e. The number of thiazole rings is 1. The van der Waals surface area contributed by atoms with Gasteiger partial charge in [-0.05, 0) is 31.9 Å². The lowest BCUT2D eigenvalue weighted by Crippen LogP contribution is -2.39. The third-order valence-electron chi connectivity index (χ3n) is 4.67. The summed E-state index contributed by atoms with van der Waals surface area (Å²) >= 11 is 1.43. The zero-order chi connectivity index (χ0) is 18.6. The Kier molecular flexibility index (Phi) is 5.11. The van der Waals surface area contributed by atoms with Gasteiger partial charge >= 0.3 is 0 Å². The molecule has 138 valence electrons. The number of piperidine rings is 1. The highest BCUT2D eigenvalue weighted by Crippen LogP contribution is 2.33. The number of amides is 1. The van der Waals surface area contributed by atoms with Crippen molar-refractivity contribution >= 4 is 17.2 Å². The molecule has 27 heavy (non-hydrogen) atoms. The van der Waals surface area contributed by atoms with E-state index in [1.165, 1.54) is 16.9 Å². The molecular weight excluding hydrogens is 360 g/mol. The lowest BCUT2D eigenvalue weighted by Gasteiger charge is -2.32. The molecule has 0 radical (unpaired) electrons. The molecule has 1 aliphatic rings. The number of carbonyl (C=O) groups excluding carboxylic acids is 1. The SMILES string of the molecule is Cc1ccc(Oc2nccnc2C2CCCN(C(=O)c3cscn3)C2)cc1. The molecule has 0 aliphatic carbocycles. The van der Waals surface area contributed by atoms with Crippen molar-refractivity contribution in [3.05, 3.63) is 64.5 Å². The van der Waals surface area contributed by atoms with Gasteiger partial charge in [0.25, 0.3) is 5.91 Å². The summed E-state index contributed by atoms with van der Waals surface area (Å²) in [6.07, 6.45) is 5.18. The first-order valence-corrected chi connectivity index (χ1v) is 9.88. The Bertz CT molecular complexity index is 912. The van der Waals surface area contributed by atoms with E-state index in [0.717, 1.165) is 30.8 Å². The Morgan fingerprint density at radius 2 is 2.00 bits per heavy atom. The van der Waals surface area contributed by atoms with Gasteiger partial charge in [0, 0.05) is 36.8 Å². The molecule has 0 bridgehead atoms. The number of aromatic nitrogens is 3. The molecule has 1 saturated heterocycles. The molecule has 1 fully saturated rings. The fraction of sp³-hybridized carbons (Fsp3) is 0.300. The zero-order valence-corrected chi connectivity index (χ0v) is 15.9. The molecular formula is C20H20N4O2S. The van der Waals surface area contributed by atoms with Gasteiger partial charge < -0.3 is 9.64 Å². The minimum Gasteiger partial charge on any atom is -0.437 e. The summed E-state index contributed by atoms with van der Waals surface area (Å²) in [5.41, 5.74) is 4.17. The number of nitrogens with zero attached hydrogens (tertiary/aromatic N) is 4. The van der Waals surface area contributed by atoms with Crippen molar-refractivity contribution in [3.8, 4) is 11.6 Å². The van der Waals surface area contributed by atoms with E-state index in [0.29, 0.717) is 18.1 Å². The van der Waals surface area contributed by atoms with Crippen molar-refractivity contribution in [1.82, 2.24) is 19.9 Å². The number of aryl methyl sites for hydroxylation is 1. The summed E-state index contributed by atoms with van der Waals surface area (Å²) < 4.78 is 6.00. The van der Waals surface area contributed by atoms with E-state index < -0.39 is 0 Å². The highest BCUT2D eigenvalue weighted by Gasteiger charge is 2.29. The van der Waals surface area contributed by atoms with E-state index in [-0.39, 0.29) is 11.8 Å². The van der Waals surface area contributed by atoms with Gasteiger partial charge in [0.2, 0.25) is 5.88 Å². The zero-order valence-electron chi connectivity index (χ0n) is 15.0. The second kappa shape index (κ2) is 7.84. The van der Waals surface area contributed by atoms with E-state index >= 15 is 0 Å². The highest BCUT2D eigenvalue weighted by atomic mass is 32.1. The van der Waals surface area contributed by atoms with Gasteiger partial charge in [0.05, 0.1) is 5.51 Å². The van der Waals surface area contributed by atoms with Crippen molar-refractivity contribution < 1.29 is 9.53 Å². The fourth-order valence-corrected chi connectivity index (χ4v) is 3.80. The number of ether oxygens (including phenoxy) is 1. The quantitative estimate of drug-likeness (QED) is 0.683. The third-order valence-corrected chi connectivity index (χ3v) is 5.26. The van der Waals surface area contributed by atoms with E-state index in [9.17, 15) is 4.79 Å². The lowest BCUT2D eigenvalue weighted by molar-refractivity contribution is 0.0699. The van der Waals surface area contributed by atoms with Crippen LogP contribution in [0, 0.1) is 6.92 Å². The van der Waals surface area contributed by atoms with Crippen LogP contribution in [-0.4, -0.2) is 38.8 Å². The maximum absolute atomic E-state index is 12.6. The molecule has 0 spiro atoms. The molecule has 4 rings (SSSR count). The summed E-state index contributed by atoms with van der Waals surface area (Å²) in [4.78, 5) is 27.6. The number of carbonyl (C=O) groups is 1. The minimum absolute atomic E-state index is 0.0224. The summed E-state index contributed by atoms with van der Waals surface area (Å²) in [5.74, 6) is 1.31. The van der Waals surface area contributed by atoms with Gasteiger partial charge in [-0.3, -0.25) is 9.78 Å². The molecule has 7 heteroatoms. The molecule has 1 atom stereocenters. The summed E-state index contributed by atoms with van der Waals surface area (Å²) in [7, 11) is 0. The number of benzene rings is 1. The Morgan fingerprint density at radius 1 is 1.19 bits per heavy atom. The van der Waals surface area contributed by atoms with Crippen LogP contribution in [0.15, 0.2) is 47.5 Å². The molecule has 6 nitrogen and oxygen atoms in total. The molecule has 2 aromatic heterocycles. The molecule has 0 saturated carbocycles. The number of hydrogen-bond donors (Lipinski definition) is 0. The van der Waals surface area contributed by atoms with Crippen molar-refractivity contribution in [2.45, 2.75) is 25.7 Å². The van der Waals surface area contributed by atoms with Crippen LogP contribution < -0.4 is 4.74 Å². The predicted molar refractivity (Wildman–Crippen MR) is 103 cm³/mol. The monoisotopic (exact) mass is 380 g/mol. The molecule has 1 amide bonds. The van der Waals surface area contributed by atoms with Gasteiger partial charge in [-0.1, -0.05) is 17.7 Å². The summed E-state index contributed by atoms with van der Waals surface area (Å²) in [6, 6.07) is 7.85. The molecule has 1 aliphatic heterocycles. The highest BCUT2D eigenvalue weighted by molar-refractivity contribution is 7.07. The Balaban J connectivity index is 1.54. The molecule has 1 unspecified atom stereocenters. The molecule has 1 aromatic carbocycles. The fourth-order valence-electron chi connectivity index (χ4n) is 3.28. The Labute approximate surface area is 161 Å². The largest absolute Gasteiger partial charge is 0.437 e. The normalized spacial score (nSPS) is 16.9. The predicted octanol–water partition coefficient (Wildman–Crippen LogP) is 4.05. The molecule has 3 heterocycles. The van der Waals surface area contributed by atoms with Crippen molar-refractivity contribution in [2.24, 2.45) is 0 Å². The van der Waals surface area contributed by atoms with Crippen molar-refractivity contribution in [3.63, 3.8) is 0 Å². The van der Waals surface area contributed by atoms with Gasteiger partial charge in [-0.15, -0.1) is 11.3 Å². The van der Waals surface area contributed by atoms with Crippen LogP contribution in [0.3, 0.4) is 0 Å². The number of rotatable bonds is 4. The number of likely N-dealkylation sites (tertiary alicyclic amines) is 1. The van der Waals surface area contributed by atoms with E-state index in [1.807, 2.05) is 36.1 Å². The summed E-state index contributed by atoms with van der Waals surface area (Å²) in [6.45, 7) is 3.37. The standard InChI is InChI=1S/C20H20N4O2S/c1-14-4-6-16(7-5-14)26-19-18(21-8-9-22-19)15-3-2-10-24(11-15)20(25)17-12-27-13-23-17/h4-9,12-13,15H,2-3,10-11H2,1H3. The van der Waals surface area contributed by atoms with Crippen LogP contribution >= 0.6 is 11.3 Å². The van der Waals surface area contributed by atoms with Crippen LogP contribution in [0.2, 0.25) is 0 Å². The van der Waals surface area contributed by atoms with Crippen LogP contribution in [0.1, 0.15) is 40.5 Å². The maximum atomic E-state index is 12.6. The number of hydrogen-bond acceptors (Lipinski definition) is 6. The smallest absolute Gasteiger partial charge is 0.273 e. The molecule has 3 aromatic rings. The first-order valence-electron chi connectivity index (χ1n) is 8.93.